The summed E-state index contributed by atoms with van der Waals surface area (Å²) < 4.78 is 10.3. The van der Waals surface area contributed by atoms with E-state index in [0.29, 0.717) is 0 Å². The van der Waals surface area contributed by atoms with Crippen LogP contribution in [0.2, 0.25) is 0 Å². The van der Waals surface area contributed by atoms with Gasteiger partial charge in [-0.2, -0.15) is 0 Å². The van der Waals surface area contributed by atoms with Crippen LogP contribution in [-0.4, -0.2) is 36.5 Å². The van der Waals surface area contributed by atoms with Crippen LogP contribution in [-0.2, 0) is 9.47 Å². The molecule has 0 radical (unpaired) electrons. The van der Waals surface area contributed by atoms with Crippen molar-refractivity contribution < 1.29 is 14.3 Å². The summed E-state index contributed by atoms with van der Waals surface area (Å²) in [6.45, 7) is 7.47. The first-order valence-electron chi connectivity index (χ1n) is 5.55. The Balaban J connectivity index is 2.17. The maximum Gasteiger partial charge on any atom is 0.411 e. The molecule has 0 aliphatic carbocycles. The number of amides is 1. The SMILES string of the molecule is CC(C)(C)OCOC(=O)N1CCCCC1. The fourth-order valence-corrected chi connectivity index (χ4v) is 1.42. The van der Waals surface area contributed by atoms with E-state index in [1.807, 2.05) is 20.8 Å². The average Bonchev–Trinajstić information content (AvgIpc) is 2.17. The van der Waals surface area contributed by atoms with E-state index in [9.17, 15) is 4.79 Å². The summed E-state index contributed by atoms with van der Waals surface area (Å²) >= 11 is 0. The number of rotatable bonds is 2. The van der Waals surface area contributed by atoms with E-state index in [1.165, 1.54) is 6.42 Å². The van der Waals surface area contributed by atoms with Crippen molar-refractivity contribution in [3.8, 4) is 0 Å². The summed E-state index contributed by atoms with van der Waals surface area (Å²) in [5.41, 5.74) is -0.262. The molecule has 0 aromatic heterocycles. The van der Waals surface area contributed by atoms with Gasteiger partial charge in [-0.1, -0.05) is 0 Å². The molecular weight excluding hydrogens is 194 g/mol. The number of likely N-dealkylation sites (tertiary alicyclic amines) is 1. The van der Waals surface area contributed by atoms with Crippen molar-refractivity contribution in [2.45, 2.75) is 45.6 Å². The molecule has 0 N–H and O–H groups in total. The van der Waals surface area contributed by atoms with Crippen molar-refractivity contribution in [2.75, 3.05) is 19.9 Å². The molecule has 1 aliphatic rings. The summed E-state index contributed by atoms with van der Waals surface area (Å²) in [6, 6.07) is 0. The summed E-state index contributed by atoms with van der Waals surface area (Å²) in [5, 5.41) is 0. The number of hydrogen-bond donors (Lipinski definition) is 0. The van der Waals surface area contributed by atoms with Crippen LogP contribution in [0, 0.1) is 0 Å². The Morgan fingerprint density at radius 1 is 1.20 bits per heavy atom. The highest BCUT2D eigenvalue weighted by molar-refractivity contribution is 5.67. The normalized spacial score (nSPS) is 17.7. The first-order valence-corrected chi connectivity index (χ1v) is 5.55. The van der Waals surface area contributed by atoms with E-state index in [0.717, 1.165) is 25.9 Å². The van der Waals surface area contributed by atoms with Gasteiger partial charge < -0.3 is 14.4 Å². The Labute approximate surface area is 91.5 Å². The van der Waals surface area contributed by atoms with Crippen molar-refractivity contribution in [3.63, 3.8) is 0 Å². The highest BCUT2D eigenvalue weighted by atomic mass is 16.7. The molecule has 4 heteroatoms. The van der Waals surface area contributed by atoms with E-state index >= 15 is 0 Å². The van der Waals surface area contributed by atoms with Crippen LogP contribution in [0.3, 0.4) is 0 Å². The monoisotopic (exact) mass is 215 g/mol. The lowest BCUT2D eigenvalue weighted by Crippen LogP contribution is -2.37. The fraction of sp³-hybridized carbons (Fsp3) is 0.909. The maximum absolute atomic E-state index is 11.5. The van der Waals surface area contributed by atoms with E-state index in [-0.39, 0.29) is 18.5 Å². The molecule has 1 aliphatic heterocycles. The first-order chi connectivity index (χ1) is 6.99. The molecule has 1 saturated heterocycles. The number of piperidine rings is 1. The zero-order valence-corrected chi connectivity index (χ0v) is 9.91. The van der Waals surface area contributed by atoms with Crippen molar-refractivity contribution in [1.82, 2.24) is 4.90 Å². The molecule has 0 spiro atoms. The van der Waals surface area contributed by atoms with Gasteiger partial charge in [0, 0.05) is 13.1 Å². The van der Waals surface area contributed by atoms with Crippen LogP contribution < -0.4 is 0 Å². The van der Waals surface area contributed by atoms with Gasteiger partial charge in [0.2, 0.25) is 0 Å². The number of nitrogens with zero attached hydrogens (tertiary/aromatic N) is 1. The van der Waals surface area contributed by atoms with Crippen molar-refractivity contribution in [3.05, 3.63) is 0 Å². The molecule has 1 heterocycles. The molecule has 0 bridgehead atoms. The molecule has 15 heavy (non-hydrogen) atoms. The standard InChI is InChI=1S/C11H21NO3/c1-11(2,3)15-9-14-10(13)12-7-5-4-6-8-12/h4-9H2,1-3H3. The Morgan fingerprint density at radius 3 is 2.33 bits per heavy atom. The molecule has 0 aromatic rings. The van der Waals surface area contributed by atoms with Crippen LogP contribution in [0.25, 0.3) is 0 Å². The summed E-state index contributed by atoms with van der Waals surface area (Å²) in [6.07, 6.45) is 3.12. The molecule has 1 fully saturated rings. The predicted octanol–water partition coefficient (Wildman–Crippen LogP) is 2.38. The second kappa shape index (κ2) is 5.35. The van der Waals surface area contributed by atoms with Crippen molar-refractivity contribution >= 4 is 6.09 Å². The predicted molar refractivity (Wildman–Crippen MR) is 57.6 cm³/mol. The van der Waals surface area contributed by atoms with Crippen LogP contribution in [0.1, 0.15) is 40.0 Å². The molecule has 4 nitrogen and oxygen atoms in total. The molecule has 0 atom stereocenters. The van der Waals surface area contributed by atoms with E-state index in [4.69, 9.17) is 9.47 Å². The van der Waals surface area contributed by atoms with Gasteiger partial charge in [0.25, 0.3) is 0 Å². The lowest BCUT2D eigenvalue weighted by molar-refractivity contribution is -0.0980. The highest BCUT2D eigenvalue weighted by Gasteiger charge is 2.18. The van der Waals surface area contributed by atoms with Gasteiger partial charge >= 0.3 is 6.09 Å². The number of hydrogen-bond acceptors (Lipinski definition) is 3. The minimum Gasteiger partial charge on any atom is -0.422 e. The van der Waals surface area contributed by atoms with E-state index < -0.39 is 0 Å². The topological polar surface area (TPSA) is 38.8 Å². The zero-order chi connectivity index (χ0) is 11.3. The molecule has 1 rings (SSSR count). The Bertz CT molecular complexity index is 204. The number of carbonyl (C=O) groups is 1. The van der Waals surface area contributed by atoms with Crippen LogP contribution in [0.5, 0.6) is 0 Å². The summed E-state index contributed by atoms with van der Waals surface area (Å²) in [4.78, 5) is 13.3. The third-order valence-electron chi connectivity index (χ3n) is 2.29. The summed E-state index contributed by atoms with van der Waals surface area (Å²) in [5.74, 6) is 0. The van der Waals surface area contributed by atoms with Gasteiger partial charge in [0.05, 0.1) is 5.60 Å². The number of ether oxygens (including phenoxy) is 2. The molecule has 88 valence electrons. The molecule has 0 unspecified atom stereocenters. The molecular formula is C11H21NO3. The zero-order valence-electron chi connectivity index (χ0n) is 9.91. The smallest absolute Gasteiger partial charge is 0.411 e. The van der Waals surface area contributed by atoms with E-state index in [1.54, 1.807) is 4.90 Å². The van der Waals surface area contributed by atoms with Gasteiger partial charge in [-0.05, 0) is 40.0 Å². The second-order valence-corrected chi connectivity index (χ2v) is 4.83. The Kier molecular flexibility index (Phi) is 4.39. The molecule has 0 saturated carbocycles. The first kappa shape index (κ1) is 12.3. The van der Waals surface area contributed by atoms with Gasteiger partial charge in [-0.15, -0.1) is 0 Å². The second-order valence-electron chi connectivity index (χ2n) is 4.83. The number of carbonyl (C=O) groups excluding carboxylic acids is 1. The van der Waals surface area contributed by atoms with Crippen LogP contribution in [0.4, 0.5) is 4.79 Å². The van der Waals surface area contributed by atoms with Gasteiger partial charge in [-0.25, -0.2) is 4.79 Å². The fourth-order valence-electron chi connectivity index (χ4n) is 1.42. The van der Waals surface area contributed by atoms with Gasteiger partial charge in [-0.3, -0.25) is 0 Å². The van der Waals surface area contributed by atoms with Crippen molar-refractivity contribution in [1.29, 1.82) is 0 Å². The maximum atomic E-state index is 11.5. The third-order valence-corrected chi connectivity index (χ3v) is 2.29. The van der Waals surface area contributed by atoms with Crippen LogP contribution in [0.15, 0.2) is 0 Å². The summed E-state index contributed by atoms with van der Waals surface area (Å²) in [7, 11) is 0. The lowest BCUT2D eigenvalue weighted by atomic mass is 10.1. The minimum atomic E-state index is -0.262. The average molecular weight is 215 g/mol. The quantitative estimate of drug-likeness (QED) is 0.664. The van der Waals surface area contributed by atoms with Crippen LogP contribution >= 0.6 is 0 Å². The minimum absolute atomic E-state index is 0.0405. The Hall–Kier alpha value is -0.770. The van der Waals surface area contributed by atoms with E-state index in [2.05, 4.69) is 0 Å². The molecule has 0 aromatic carbocycles. The van der Waals surface area contributed by atoms with Gasteiger partial charge in [0.15, 0.2) is 6.79 Å². The highest BCUT2D eigenvalue weighted by Crippen LogP contribution is 2.11. The molecule has 1 amide bonds. The largest absolute Gasteiger partial charge is 0.422 e. The van der Waals surface area contributed by atoms with Gasteiger partial charge in [0.1, 0.15) is 0 Å². The Morgan fingerprint density at radius 2 is 1.80 bits per heavy atom. The third kappa shape index (κ3) is 5.02. The lowest BCUT2D eigenvalue weighted by Gasteiger charge is -2.26. The van der Waals surface area contributed by atoms with Crippen molar-refractivity contribution in [2.24, 2.45) is 0 Å².